The molecular formula is C20H23N5O3S. The number of fused-ring (bicyclic) bond motifs is 1. The molecule has 3 aromatic rings. The number of rotatable bonds is 5. The molecule has 1 amide bonds. The lowest BCUT2D eigenvalue weighted by atomic mass is 10.0. The molecule has 9 heteroatoms. The Morgan fingerprint density at radius 1 is 1.14 bits per heavy atom. The lowest BCUT2D eigenvalue weighted by molar-refractivity contribution is 0.0711. The number of carbonyl (C=O) groups excluding carboxylic acids is 1. The van der Waals surface area contributed by atoms with E-state index < -0.39 is 10.0 Å². The molecule has 2 heterocycles. The van der Waals surface area contributed by atoms with Crippen LogP contribution in [-0.4, -0.2) is 53.4 Å². The molecule has 0 atom stereocenters. The summed E-state index contributed by atoms with van der Waals surface area (Å²) >= 11 is 0. The number of sulfonamides is 1. The van der Waals surface area contributed by atoms with Crippen LogP contribution >= 0.6 is 0 Å². The Hall–Kier alpha value is -2.78. The molecule has 1 aliphatic heterocycles. The normalized spacial score (nSPS) is 15.7. The molecule has 29 heavy (non-hydrogen) atoms. The van der Waals surface area contributed by atoms with Gasteiger partial charge in [-0.05, 0) is 50.1 Å². The third-order valence-electron chi connectivity index (χ3n) is 5.22. The average Bonchev–Trinajstić information content (AvgIpc) is 3.16. The van der Waals surface area contributed by atoms with Crippen LogP contribution in [0, 0.1) is 0 Å². The molecule has 1 aromatic heterocycles. The van der Waals surface area contributed by atoms with Crippen LogP contribution in [0.2, 0.25) is 0 Å². The Kier molecular flexibility index (Phi) is 5.33. The van der Waals surface area contributed by atoms with Gasteiger partial charge in [-0.1, -0.05) is 23.4 Å². The zero-order valence-electron chi connectivity index (χ0n) is 16.2. The zero-order chi connectivity index (χ0) is 20.4. The van der Waals surface area contributed by atoms with Crippen molar-refractivity contribution in [1.29, 1.82) is 0 Å². The van der Waals surface area contributed by atoms with Crippen molar-refractivity contribution in [3.8, 4) is 0 Å². The van der Waals surface area contributed by atoms with Gasteiger partial charge in [-0.25, -0.2) is 17.8 Å². The topological polar surface area (TPSA) is 97.2 Å². The van der Waals surface area contributed by atoms with E-state index in [1.807, 2.05) is 13.0 Å². The van der Waals surface area contributed by atoms with Crippen LogP contribution in [0.1, 0.15) is 30.1 Å². The van der Waals surface area contributed by atoms with Crippen LogP contribution in [0.5, 0.6) is 0 Å². The zero-order valence-corrected chi connectivity index (χ0v) is 17.0. The summed E-state index contributed by atoms with van der Waals surface area (Å²) < 4.78 is 29.5. The molecule has 0 spiro atoms. The van der Waals surface area contributed by atoms with Gasteiger partial charge in [0.25, 0.3) is 5.91 Å². The van der Waals surface area contributed by atoms with Crippen molar-refractivity contribution in [2.75, 3.05) is 13.1 Å². The highest BCUT2D eigenvalue weighted by Gasteiger charge is 2.27. The Morgan fingerprint density at radius 2 is 1.86 bits per heavy atom. The summed E-state index contributed by atoms with van der Waals surface area (Å²) in [5, 5.41) is 8.20. The first-order valence-electron chi connectivity index (χ1n) is 9.68. The molecule has 0 unspecified atom stereocenters. The number of hydrogen-bond donors (Lipinski definition) is 1. The van der Waals surface area contributed by atoms with Crippen LogP contribution < -0.4 is 4.72 Å². The van der Waals surface area contributed by atoms with E-state index in [2.05, 4.69) is 15.0 Å². The highest BCUT2D eigenvalue weighted by atomic mass is 32.2. The number of piperidine rings is 1. The van der Waals surface area contributed by atoms with Crippen molar-refractivity contribution in [2.24, 2.45) is 0 Å². The fraction of sp³-hybridized carbons (Fsp3) is 0.350. The maximum Gasteiger partial charge on any atom is 0.253 e. The number of nitrogens with zero attached hydrogens (tertiary/aromatic N) is 4. The molecule has 4 rings (SSSR count). The second-order valence-electron chi connectivity index (χ2n) is 7.11. The maximum absolute atomic E-state index is 12.9. The number of aromatic nitrogens is 3. The average molecular weight is 414 g/mol. The number of aryl methyl sites for hydroxylation is 1. The Labute approximate surface area is 169 Å². The van der Waals surface area contributed by atoms with E-state index in [0.717, 1.165) is 12.1 Å². The smallest absolute Gasteiger partial charge is 0.253 e. The quantitative estimate of drug-likeness (QED) is 0.690. The van der Waals surface area contributed by atoms with E-state index in [9.17, 15) is 13.2 Å². The Morgan fingerprint density at radius 3 is 2.55 bits per heavy atom. The van der Waals surface area contributed by atoms with E-state index in [1.54, 1.807) is 52.0 Å². The van der Waals surface area contributed by atoms with Gasteiger partial charge in [0.05, 0.1) is 10.4 Å². The van der Waals surface area contributed by atoms with Crippen molar-refractivity contribution in [3.63, 3.8) is 0 Å². The Bertz CT molecular complexity index is 1120. The van der Waals surface area contributed by atoms with Gasteiger partial charge in [0.15, 0.2) is 0 Å². The van der Waals surface area contributed by atoms with E-state index in [-0.39, 0.29) is 16.8 Å². The summed E-state index contributed by atoms with van der Waals surface area (Å²) in [6.45, 7) is 3.71. The van der Waals surface area contributed by atoms with Gasteiger partial charge in [0, 0.05) is 31.2 Å². The van der Waals surface area contributed by atoms with Crippen molar-refractivity contribution in [3.05, 3.63) is 54.1 Å². The Balaban J connectivity index is 1.40. The second-order valence-corrected chi connectivity index (χ2v) is 8.82. The maximum atomic E-state index is 12.9. The number of likely N-dealkylation sites (tertiary alicyclic amines) is 1. The molecular weight excluding hydrogens is 390 g/mol. The molecule has 8 nitrogen and oxygen atoms in total. The molecule has 0 radical (unpaired) electrons. The summed E-state index contributed by atoms with van der Waals surface area (Å²) in [5.41, 5.74) is 2.17. The predicted molar refractivity (Wildman–Crippen MR) is 109 cm³/mol. The van der Waals surface area contributed by atoms with E-state index in [1.165, 1.54) is 0 Å². The molecule has 1 aliphatic rings. The van der Waals surface area contributed by atoms with Crippen LogP contribution in [0.25, 0.3) is 11.0 Å². The highest BCUT2D eigenvalue weighted by molar-refractivity contribution is 7.89. The second kappa shape index (κ2) is 7.92. The molecule has 152 valence electrons. The minimum Gasteiger partial charge on any atom is -0.339 e. The minimum absolute atomic E-state index is 0.0673. The first-order valence-corrected chi connectivity index (χ1v) is 11.2. The van der Waals surface area contributed by atoms with E-state index >= 15 is 0 Å². The number of nitrogens with one attached hydrogen (secondary N) is 1. The van der Waals surface area contributed by atoms with Gasteiger partial charge in [0.1, 0.15) is 5.52 Å². The monoisotopic (exact) mass is 413 g/mol. The van der Waals surface area contributed by atoms with Crippen molar-refractivity contribution >= 4 is 27.0 Å². The molecule has 1 fully saturated rings. The number of amides is 1. The van der Waals surface area contributed by atoms with Crippen LogP contribution in [0.4, 0.5) is 0 Å². The summed E-state index contributed by atoms with van der Waals surface area (Å²) in [4.78, 5) is 14.9. The summed E-state index contributed by atoms with van der Waals surface area (Å²) in [5.74, 6) is -0.0673. The molecule has 2 aromatic carbocycles. The molecule has 0 bridgehead atoms. The summed E-state index contributed by atoms with van der Waals surface area (Å²) in [7, 11) is -3.55. The lowest BCUT2D eigenvalue weighted by Gasteiger charge is -2.32. The minimum atomic E-state index is -3.55. The number of hydrogen-bond acceptors (Lipinski definition) is 5. The standard InChI is InChI=1S/C20H23N5O3S/c1-2-25-19-9-8-15(14-18(19)21-23-25)20(26)24-12-10-16(11-13-24)22-29(27,28)17-6-4-3-5-7-17/h3-9,14,16,22H,2,10-13H2,1H3. The van der Waals surface area contributed by atoms with Gasteiger partial charge >= 0.3 is 0 Å². The molecule has 1 saturated heterocycles. The summed E-state index contributed by atoms with van der Waals surface area (Å²) in [6, 6.07) is 13.6. The number of benzene rings is 2. The molecule has 1 N–H and O–H groups in total. The predicted octanol–water partition coefficient (Wildman–Crippen LogP) is 2.03. The third kappa shape index (κ3) is 4.01. The van der Waals surface area contributed by atoms with Gasteiger partial charge in [-0.2, -0.15) is 0 Å². The SMILES string of the molecule is CCn1nnc2cc(C(=O)N3CCC(NS(=O)(=O)c4ccccc4)CC3)ccc21. The largest absolute Gasteiger partial charge is 0.339 e. The van der Waals surface area contributed by atoms with Gasteiger partial charge < -0.3 is 4.90 Å². The first-order chi connectivity index (χ1) is 14.0. The number of carbonyl (C=O) groups is 1. The lowest BCUT2D eigenvalue weighted by Crippen LogP contribution is -2.46. The highest BCUT2D eigenvalue weighted by Crippen LogP contribution is 2.19. The first kappa shape index (κ1) is 19.5. The van der Waals surface area contributed by atoms with Gasteiger partial charge in [-0.15, -0.1) is 5.10 Å². The van der Waals surface area contributed by atoms with Crippen LogP contribution in [0.15, 0.2) is 53.4 Å². The van der Waals surface area contributed by atoms with Gasteiger partial charge in [-0.3, -0.25) is 4.79 Å². The molecule has 0 saturated carbocycles. The third-order valence-corrected chi connectivity index (χ3v) is 6.75. The fourth-order valence-electron chi connectivity index (χ4n) is 3.61. The molecule has 0 aliphatic carbocycles. The van der Waals surface area contributed by atoms with Crippen molar-refractivity contribution in [1.82, 2.24) is 24.6 Å². The van der Waals surface area contributed by atoms with Crippen molar-refractivity contribution in [2.45, 2.75) is 37.2 Å². The van der Waals surface area contributed by atoms with Crippen LogP contribution in [-0.2, 0) is 16.6 Å². The van der Waals surface area contributed by atoms with Gasteiger partial charge in [0.2, 0.25) is 10.0 Å². The van der Waals surface area contributed by atoms with Crippen LogP contribution in [0.3, 0.4) is 0 Å². The van der Waals surface area contributed by atoms with E-state index in [0.29, 0.717) is 37.0 Å². The van der Waals surface area contributed by atoms with Crippen molar-refractivity contribution < 1.29 is 13.2 Å². The van der Waals surface area contributed by atoms with E-state index in [4.69, 9.17) is 0 Å². The summed E-state index contributed by atoms with van der Waals surface area (Å²) in [6.07, 6.45) is 1.15. The fourth-order valence-corrected chi connectivity index (χ4v) is 4.93.